The van der Waals surface area contributed by atoms with E-state index in [0.29, 0.717) is 6.04 Å². The minimum absolute atomic E-state index is 0.221. The fourth-order valence-corrected chi connectivity index (χ4v) is 4.49. The van der Waals surface area contributed by atoms with Crippen LogP contribution in [0.3, 0.4) is 0 Å². The largest absolute Gasteiger partial charge is 0.496 e. The van der Waals surface area contributed by atoms with Crippen molar-refractivity contribution in [3.63, 3.8) is 0 Å². The third-order valence-electron chi connectivity index (χ3n) is 6.07. The Bertz CT molecular complexity index is 991. The van der Waals surface area contributed by atoms with Crippen LogP contribution in [-0.4, -0.2) is 59.3 Å². The Morgan fingerprint density at radius 3 is 2.70 bits per heavy atom. The smallest absolute Gasteiger partial charge is 0.121 e. The average molecular weight is 406 g/mol. The Balaban J connectivity index is 1.42. The number of benzene rings is 2. The van der Waals surface area contributed by atoms with E-state index < -0.39 is 0 Å². The number of aryl methyl sites for hydroxylation is 1. The summed E-state index contributed by atoms with van der Waals surface area (Å²) in [5, 5.41) is 10.8. The van der Waals surface area contributed by atoms with Crippen molar-refractivity contribution in [2.45, 2.75) is 32.5 Å². The molecule has 1 aliphatic rings. The molecule has 1 saturated heterocycles. The average Bonchev–Trinajstić information content (AvgIpc) is 2.76. The van der Waals surface area contributed by atoms with Gasteiger partial charge in [-0.2, -0.15) is 0 Å². The summed E-state index contributed by atoms with van der Waals surface area (Å²) in [5.74, 6) is 0.932. The molecule has 1 aromatic heterocycles. The number of nitrogens with zero attached hydrogens (tertiary/aromatic N) is 3. The van der Waals surface area contributed by atoms with E-state index >= 15 is 0 Å². The molecule has 1 N–H and O–H groups in total. The van der Waals surface area contributed by atoms with Crippen LogP contribution in [0.5, 0.6) is 5.75 Å². The zero-order valence-corrected chi connectivity index (χ0v) is 17.9. The second-order valence-corrected chi connectivity index (χ2v) is 8.21. The molecule has 2 aromatic carbocycles. The standard InChI is InChI=1S/C25H31N3O2/c1-19-14-20(6-8-25(19)30-2)17-28-12-11-27(18-23(28)9-13-29)16-21-5-7-24-22(15-21)4-3-10-26-24/h3-8,10,14-15,23,29H,9,11-13,16-18H2,1-2H3/t23-/m0/s1. The fraction of sp³-hybridized carbons (Fsp3) is 0.400. The highest BCUT2D eigenvalue weighted by Gasteiger charge is 2.26. The van der Waals surface area contributed by atoms with Gasteiger partial charge < -0.3 is 9.84 Å². The number of aliphatic hydroxyl groups excluding tert-OH is 1. The van der Waals surface area contributed by atoms with Crippen molar-refractivity contribution in [2.75, 3.05) is 33.4 Å². The van der Waals surface area contributed by atoms with Crippen molar-refractivity contribution >= 4 is 10.9 Å². The molecular weight excluding hydrogens is 374 g/mol. The lowest BCUT2D eigenvalue weighted by molar-refractivity contribution is 0.0500. The second kappa shape index (κ2) is 9.56. The van der Waals surface area contributed by atoms with Gasteiger partial charge in [-0.15, -0.1) is 0 Å². The molecule has 0 unspecified atom stereocenters. The Morgan fingerprint density at radius 1 is 1.07 bits per heavy atom. The van der Waals surface area contributed by atoms with E-state index in [1.54, 1.807) is 7.11 Å². The number of hydrogen-bond donors (Lipinski definition) is 1. The predicted molar refractivity (Wildman–Crippen MR) is 121 cm³/mol. The van der Waals surface area contributed by atoms with Crippen LogP contribution in [0.15, 0.2) is 54.7 Å². The van der Waals surface area contributed by atoms with Crippen molar-refractivity contribution < 1.29 is 9.84 Å². The normalized spacial score (nSPS) is 18.0. The van der Waals surface area contributed by atoms with E-state index in [0.717, 1.165) is 56.0 Å². The summed E-state index contributed by atoms with van der Waals surface area (Å²) < 4.78 is 5.39. The first-order valence-electron chi connectivity index (χ1n) is 10.7. The molecule has 0 radical (unpaired) electrons. The minimum Gasteiger partial charge on any atom is -0.496 e. The SMILES string of the molecule is COc1ccc(CN2CCN(Cc3ccc4ncccc4c3)C[C@@H]2CCO)cc1C. The van der Waals surface area contributed by atoms with Gasteiger partial charge in [0.05, 0.1) is 12.6 Å². The van der Waals surface area contributed by atoms with Crippen LogP contribution in [0.4, 0.5) is 0 Å². The van der Waals surface area contributed by atoms with Crippen molar-refractivity contribution in [3.8, 4) is 5.75 Å². The third-order valence-corrected chi connectivity index (χ3v) is 6.07. The van der Waals surface area contributed by atoms with Crippen LogP contribution in [0.25, 0.3) is 10.9 Å². The van der Waals surface area contributed by atoms with Gasteiger partial charge in [-0.25, -0.2) is 0 Å². The number of hydrogen-bond acceptors (Lipinski definition) is 5. The van der Waals surface area contributed by atoms with Crippen LogP contribution in [0.1, 0.15) is 23.1 Å². The van der Waals surface area contributed by atoms with Gasteiger partial charge in [-0.1, -0.05) is 24.3 Å². The van der Waals surface area contributed by atoms with E-state index in [1.807, 2.05) is 12.3 Å². The molecule has 0 aliphatic carbocycles. The summed E-state index contributed by atoms with van der Waals surface area (Å²) in [6, 6.07) is 17.4. The summed E-state index contributed by atoms with van der Waals surface area (Å²) >= 11 is 0. The molecule has 1 aliphatic heterocycles. The van der Waals surface area contributed by atoms with Crippen LogP contribution < -0.4 is 4.74 Å². The summed E-state index contributed by atoms with van der Waals surface area (Å²) in [6.45, 7) is 7.16. The highest BCUT2D eigenvalue weighted by atomic mass is 16.5. The number of rotatable bonds is 7. The molecule has 0 spiro atoms. The van der Waals surface area contributed by atoms with Crippen LogP contribution in [0, 0.1) is 6.92 Å². The molecule has 5 heteroatoms. The summed E-state index contributed by atoms with van der Waals surface area (Å²) in [4.78, 5) is 9.44. The van der Waals surface area contributed by atoms with Gasteiger partial charge in [0, 0.05) is 57.0 Å². The van der Waals surface area contributed by atoms with Crippen LogP contribution in [-0.2, 0) is 13.1 Å². The lowest BCUT2D eigenvalue weighted by Crippen LogP contribution is -2.52. The Morgan fingerprint density at radius 2 is 1.90 bits per heavy atom. The third kappa shape index (κ3) is 4.81. The van der Waals surface area contributed by atoms with Crippen molar-refractivity contribution in [1.82, 2.24) is 14.8 Å². The lowest BCUT2D eigenvalue weighted by atomic mass is 10.0. The first-order chi connectivity index (χ1) is 14.7. The van der Waals surface area contributed by atoms with Crippen molar-refractivity contribution in [2.24, 2.45) is 0 Å². The first kappa shape index (κ1) is 20.8. The van der Waals surface area contributed by atoms with Crippen molar-refractivity contribution in [1.29, 1.82) is 0 Å². The van der Waals surface area contributed by atoms with E-state index in [1.165, 1.54) is 16.5 Å². The monoisotopic (exact) mass is 405 g/mol. The van der Waals surface area contributed by atoms with Gasteiger partial charge in [0.15, 0.2) is 0 Å². The number of methoxy groups -OCH3 is 1. The lowest BCUT2D eigenvalue weighted by Gasteiger charge is -2.41. The van der Waals surface area contributed by atoms with Gasteiger partial charge in [-0.05, 0) is 54.3 Å². The topological polar surface area (TPSA) is 48.8 Å². The molecule has 3 aromatic rings. The molecule has 0 amide bonds. The number of ether oxygens (including phenoxy) is 1. The van der Waals surface area contributed by atoms with Crippen LogP contribution in [0.2, 0.25) is 0 Å². The number of aromatic nitrogens is 1. The number of piperazine rings is 1. The van der Waals surface area contributed by atoms with Gasteiger partial charge in [0.2, 0.25) is 0 Å². The zero-order valence-electron chi connectivity index (χ0n) is 17.9. The zero-order chi connectivity index (χ0) is 20.9. The minimum atomic E-state index is 0.221. The van der Waals surface area contributed by atoms with E-state index in [2.05, 4.69) is 64.2 Å². The van der Waals surface area contributed by atoms with Crippen LogP contribution >= 0.6 is 0 Å². The second-order valence-electron chi connectivity index (χ2n) is 8.21. The summed E-state index contributed by atoms with van der Waals surface area (Å²) in [6.07, 6.45) is 2.64. The molecule has 0 bridgehead atoms. The van der Waals surface area contributed by atoms with Gasteiger partial charge >= 0.3 is 0 Å². The molecule has 4 rings (SSSR count). The van der Waals surface area contributed by atoms with E-state index in [-0.39, 0.29) is 6.61 Å². The molecule has 5 nitrogen and oxygen atoms in total. The summed E-state index contributed by atoms with van der Waals surface area (Å²) in [7, 11) is 1.71. The van der Waals surface area contributed by atoms with E-state index in [9.17, 15) is 5.11 Å². The number of pyridine rings is 1. The highest BCUT2D eigenvalue weighted by molar-refractivity contribution is 5.78. The molecule has 2 heterocycles. The fourth-order valence-electron chi connectivity index (χ4n) is 4.49. The number of fused-ring (bicyclic) bond motifs is 1. The highest BCUT2D eigenvalue weighted by Crippen LogP contribution is 2.23. The maximum absolute atomic E-state index is 9.64. The number of aliphatic hydroxyl groups is 1. The molecule has 1 fully saturated rings. The Labute approximate surface area is 178 Å². The molecular formula is C25H31N3O2. The predicted octanol–water partition coefficient (Wildman–Crippen LogP) is 3.62. The first-order valence-corrected chi connectivity index (χ1v) is 10.7. The maximum Gasteiger partial charge on any atom is 0.121 e. The molecule has 1 atom stereocenters. The van der Waals surface area contributed by atoms with Crippen molar-refractivity contribution in [3.05, 3.63) is 71.4 Å². The molecule has 0 saturated carbocycles. The van der Waals surface area contributed by atoms with Gasteiger partial charge in [-0.3, -0.25) is 14.8 Å². The van der Waals surface area contributed by atoms with Gasteiger partial charge in [0.1, 0.15) is 5.75 Å². The van der Waals surface area contributed by atoms with Gasteiger partial charge in [0.25, 0.3) is 0 Å². The summed E-state index contributed by atoms with van der Waals surface area (Å²) in [5.41, 5.74) is 4.82. The molecule has 30 heavy (non-hydrogen) atoms. The Kier molecular flexibility index (Phi) is 6.62. The van der Waals surface area contributed by atoms with E-state index in [4.69, 9.17) is 4.74 Å². The molecule has 158 valence electrons. The maximum atomic E-state index is 9.64. The Hall–Kier alpha value is -2.47. The quantitative estimate of drug-likeness (QED) is 0.651.